The highest BCUT2D eigenvalue weighted by Crippen LogP contribution is 2.12. The molecule has 0 saturated heterocycles. The van der Waals surface area contributed by atoms with Crippen LogP contribution in [0.15, 0.2) is 12.4 Å². The lowest BCUT2D eigenvalue weighted by Crippen LogP contribution is -2.20. The van der Waals surface area contributed by atoms with Gasteiger partial charge in [0.25, 0.3) is 0 Å². The van der Waals surface area contributed by atoms with Gasteiger partial charge >= 0.3 is 5.97 Å². The monoisotopic (exact) mass is 238 g/mol. The molecule has 0 saturated carbocycles. The molecule has 0 amide bonds. The molecule has 6 heteroatoms. The standard InChI is InChI=1S/C11H18N4O2/c1-3-4-5-15(2)10-6-9(13-8-14-10)12-7-11(16)17/h6,8H,3-5,7H2,1-2H3,(H,16,17)(H,12,13,14). The second kappa shape index (κ2) is 6.67. The van der Waals surface area contributed by atoms with Crippen molar-refractivity contribution in [1.29, 1.82) is 0 Å². The molecule has 6 nitrogen and oxygen atoms in total. The van der Waals surface area contributed by atoms with Crippen LogP contribution in [0.25, 0.3) is 0 Å². The van der Waals surface area contributed by atoms with Gasteiger partial charge in [-0.15, -0.1) is 0 Å². The maximum atomic E-state index is 10.4. The fraction of sp³-hybridized carbons (Fsp3) is 0.545. The first kappa shape index (κ1) is 13.2. The fourth-order valence-electron chi connectivity index (χ4n) is 1.33. The molecule has 0 radical (unpaired) electrons. The molecular weight excluding hydrogens is 220 g/mol. The molecule has 2 N–H and O–H groups in total. The molecule has 1 rings (SSSR count). The minimum Gasteiger partial charge on any atom is -0.480 e. The zero-order chi connectivity index (χ0) is 12.7. The minimum atomic E-state index is -0.913. The first-order valence-corrected chi connectivity index (χ1v) is 5.62. The second-order valence-electron chi connectivity index (χ2n) is 3.78. The third-order valence-electron chi connectivity index (χ3n) is 2.31. The molecule has 1 aromatic heterocycles. The average Bonchev–Trinajstić information content (AvgIpc) is 2.33. The largest absolute Gasteiger partial charge is 0.480 e. The summed E-state index contributed by atoms with van der Waals surface area (Å²) in [6.45, 7) is 2.91. The Kier molecular flexibility index (Phi) is 5.19. The van der Waals surface area contributed by atoms with Crippen molar-refractivity contribution in [3.63, 3.8) is 0 Å². The van der Waals surface area contributed by atoms with Gasteiger partial charge < -0.3 is 15.3 Å². The zero-order valence-corrected chi connectivity index (χ0v) is 10.2. The summed E-state index contributed by atoms with van der Waals surface area (Å²) < 4.78 is 0. The molecule has 0 aliphatic rings. The fourth-order valence-corrected chi connectivity index (χ4v) is 1.33. The summed E-state index contributed by atoms with van der Waals surface area (Å²) in [6, 6.07) is 1.75. The predicted molar refractivity (Wildman–Crippen MR) is 66.3 cm³/mol. The van der Waals surface area contributed by atoms with E-state index >= 15 is 0 Å². The smallest absolute Gasteiger partial charge is 0.322 e. The van der Waals surface area contributed by atoms with Gasteiger partial charge in [0.15, 0.2) is 0 Å². The van der Waals surface area contributed by atoms with Crippen LogP contribution in [0.2, 0.25) is 0 Å². The lowest BCUT2D eigenvalue weighted by molar-refractivity contribution is -0.134. The number of hydrogen-bond donors (Lipinski definition) is 2. The Morgan fingerprint density at radius 3 is 2.94 bits per heavy atom. The molecule has 1 heterocycles. The maximum Gasteiger partial charge on any atom is 0.322 e. The van der Waals surface area contributed by atoms with Gasteiger partial charge in [-0.25, -0.2) is 9.97 Å². The molecule has 0 fully saturated rings. The summed E-state index contributed by atoms with van der Waals surface area (Å²) in [5.74, 6) is 0.409. The highest BCUT2D eigenvalue weighted by Gasteiger charge is 2.04. The molecule has 0 bridgehead atoms. The molecule has 1 aromatic rings. The van der Waals surface area contributed by atoms with Crippen LogP contribution in [0.4, 0.5) is 11.6 Å². The van der Waals surface area contributed by atoms with Crippen LogP contribution >= 0.6 is 0 Å². The van der Waals surface area contributed by atoms with Crippen LogP contribution in [-0.4, -0.2) is 41.2 Å². The number of carbonyl (C=O) groups is 1. The van der Waals surface area contributed by atoms with E-state index < -0.39 is 5.97 Å². The summed E-state index contributed by atoms with van der Waals surface area (Å²) in [5.41, 5.74) is 0. The number of aliphatic carboxylic acids is 1. The average molecular weight is 238 g/mol. The van der Waals surface area contributed by atoms with Gasteiger partial charge in [-0.1, -0.05) is 13.3 Å². The Balaban J connectivity index is 2.61. The van der Waals surface area contributed by atoms with Gasteiger partial charge in [0.05, 0.1) is 0 Å². The Morgan fingerprint density at radius 2 is 2.29 bits per heavy atom. The quantitative estimate of drug-likeness (QED) is 0.743. The van der Waals surface area contributed by atoms with Crippen LogP contribution in [0.5, 0.6) is 0 Å². The number of carboxylic acids is 1. The van der Waals surface area contributed by atoms with Crippen molar-refractivity contribution < 1.29 is 9.90 Å². The van der Waals surface area contributed by atoms with Gasteiger partial charge in [0.2, 0.25) is 0 Å². The van der Waals surface area contributed by atoms with Crippen LogP contribution in [0.1, 0.15) is 19.8 Å². The van der Waals surface area contributed by atoms with Crippen LogP contribution in [-0.2, 0) is 4.79 Å². The van der Waals surface area contributed by atoms with Gasteiger partial charge in [0.1, 0.15) is 24.5 Å². The van der Waals surface area contributed by atoms with E-state index in [-0.39, 0.29) is 6.54 Å². The van der Waals surface area contributed by atoms with Crippen molar-refractivity contribution in [3.8, 4) is 0 Å². The number of rotatable bonds is 7. The van der Waals surface area contributed by atoms with Crippen LogP contribution in [0, 0.1) is 0 Å². The number of nitrogens with zero attached hydrogens (tertiary/aromatic N) is 3. The van der Waals surface area contributed by atoms with Gasteiger partial charge in [-0.3, -0.25) is 4.79 Å². The summed E-state index contributed by atoms with van der Waals surface area (Å²) in [4.78, 5) is 20.5. The molecule has 0 aliphatic heterocycles. The first-order chi connectivity index (χ1) is 8.13. The molecular formula is C11H18N4O2. The van der Waals surface area contributed by atoms with E-state index in [9.17, 15) is 4.79 Å². The second-order valence-corrected chi connectivity index (χ2v) is 3.78. The number of anilines is 2. The number of carboxylic acid groups (broad SMARTS) is 1. The third-order valence-corrected chi connectivity index (χ3v) is 2.31. The van der Waals surface area contributed by atoms with Crippen molar-refractivity contribution in [2.24, 2.45) is 0 Å². The van der Waals surface area contributed by atoms with E-state index in [0.29, 0.717) is 5.82 Å². The molecule has 0 spiro atoms. The SMILES string of the molecule is CCCCN(C)c1cc(NCC(=O)O)ncn1. The molecule has 94 valence electrons. The van der Waals surface area contributed by atoms with E-state index in [1.165, 1.54) is 6.33 Å². The topological polar surface area (TPSA) is 78.4 Å². The number of hydrogen-bond acceptors (Lipinski definition) is 5. The Hall–Kier alpha value is -1.85. The lowest BCUT2D eigenvalue weighted by Gasteiger charge is -2.17. The van der Waals surface area contributed by atoms with Crippen molar-refractivity contribution in [2.75, 3.05) is 30.4 Å². The Morgan fingerprint density at radius 1 is 1.53 bits per heavy atom. The minimum absolute atomic E-state index is 0.144. The highest BCUT2D eigenvalue weighted by atomic mass is 16.4. The summed E-state index contributed by atoms with van der Waals surface area (Å²) in [6.07, 6.45) is 3.65. The zero-order valence-electron chi connectivity index (χ0n) is 10.2. The van der Waals surface area contributed by atoms with Gasteiger partial charge in [-0.2, -0.15) is 0 Å². The Labute approximate surface area is 101 Å². The predicted octanol–water partition coefficient (Wildman–Crippen LogP) is 1.21. The van der Waals surface area contributed by atoms with Gasteiger partial charge in [-0.05, 0) is 6.42 Å². The number of aromatic nitrogens is 2. The summed E-state index contributed by atoms with van der Waals surface area (Å²) >= 11 is 0. The normalized spacial score (nSPS) is 10.0. The van der Waals surface area contributed by atoms with E-state index in [2.05, 4.69) is 22.2 Å². The molecule has 17 heavy (non-hydrogen) atoms. The molecule has 0 aromatic carbocycles. The van der Waals surface area contributed by atoms with E-state index in [1.54, 1.807) is 6.07 Å². The lowest BCUT2D eigenvalue weighted by atomic mass is 10.3. The summed E-state index contributed by atoms with van der Waals surface area (Å²) in [7, 11) is 1.96. The van der Waals surface area contributed by atoms with E-state index in [0.717, 1.165) is 25.2 Å². The maximum absolute atomic E-state index is 10.4. The van der Waals surface area contributed by atoms with Crippen molar-refractivity contribution >= 4 is 17.6 Å². The van der Waals surface area contributed by atoms with Crippen LogP contribution in [0.3, 0.4) is 0 Å². The van der Waals surface area contributed by atoms with Crippen molar-refractivity contribution in [1.82, 2.24) is 9.97 Å². The first-order valence-electron chi connectivity index (χ1n) is 5.62. The molecule has 0 unspecified atom stereocenters. The van der Waals surface area contributed by atoms with Gasteiger partial charge in [0, 0.05) is 19.7 Å². The Bertz CT molecular complexity index is 370. The third kappa shape index (κ3) is 4.67. The summed E-state index contributed by atoms with van der Waals surface area (Å²) in [5, 5.41) is 11.3. The van der Waals surface area contributed by atoms with Crippen LogP contribution < -0.4 is 10.2 Å². The molecule has 0 atom stereocenters. The molecule has 0 aliphatic carbocycles. The van der Waals surface area contributed by atoms with Crippen molar-refractivity contribution in [3.05, 3.63) is 12.4 Å². The number of nitrogens with one attached hydrogen (secondary N) is 1. The van der Waals surface area contributed by atoms with Crippen molar-refractivity contribution in [2.45, 2.75) is 19.8 Å². The number of unbranched alkanes of at least 4 members (excludes halogenated alkanes) is 1. The van der Waals surface area contributed by atoms with E-state index in [4.69, 9.17) is 5.11 Å². The van der Waals surface area contributed by atoms with E-state index in [1.807, 2.05) is 11.9 Å². The highest BCUT2D eigenvalue weighted by molar-refractivity contribution is 5.72.